The summed E-state index contributed by atoms with van der Waals surface area (Å²) < 4.78 is 8.01. The molecule has 0 bridgehead atoms. The Hall–Kier alpha value is -2.01. The van der Waals surface area contributed by atoms with E-state index in [0.29, 0.717) is 10.7 Å². The van der Waals surface area contributed by atoms with Gasteiger partial charge in [-0.25, -0.2) is 9.59 Å². The summed E-state index contributed by atoms with van der Waals surface area (Å²) in [6.45, 7) is 3.52. The van der Waals surface area contributed by atoms with Gasteiger partial charge in [-0.15, -0.1) is 0 Å². The van der Waals surface area contributed by atoms with E-state index in [9.17, 15) is 9.59 Å². The van der Waals surface area contributed by atoms with Gasteiger partial charge in [0.1, 0.15) is 0 Å². The zero-order valence-corrected chi connectivity index (χ0v) is 12.2. The molecule has 0 aliphatic rings. The molecule has 0 saturated heterocycles. The Labute approximate surface area is 121 Å². The third-order valence-corrected chi connectivity index (χ3v) is 3.07. The smallest absolute Gasteiger partial charge is 0.339 e. The lowest BCUT2D eigenvalue weighted by Gasteiger charge is -2.10. The molecule has 106 valence electrons. The Morgan fingerprint density at radius 1 is 1.30 bits per heavy atom. The molecule has 0 amide bonds. The molecule has 0 fully saturated rings. The van der Waals surface area contributed by atoms with E-state index in [0.717, 1.165) is 0 Å². The van der Waals surface area contributed by atoms with Crippen LogP contribution in [-0.4, -0.2) is 21.2 Å². The van der Waals surface area contributed by atoms with Gasteiger partial charge in [0.2, 0.25) is 0 Å². The zero-order valence-electron chi connectivity index (χ0n) is 11.5. The Bertz CT molecular complexity index is 701. The lowest BCUT2D eigenvalue weighted by atomic mass is 10.2. The molecule has 1 aromatic carbocycles. The number of hydrogen-bond donors (Lipinski definition) is 0. The Morgan fingerprint density at radius 3 is 2.55 bits per heavy atom. The Kier molecular flexibility index (Phi) is 3.99. The van der Waals surface area contributed by atoms with Crippen molar-refractivity contribution in [3.63, 3.8) is 0 Å². The topological polar surface area (TPSA) is 53.2 Å². The molecule has 0 saturated carbocycles. The minimum atomic E-state index is -0.504. The van der Waals surface area contributed by atoms with Crippen LogP contribution < -0.4 is 5.69 Å². The molecule has 1 heterocycles. The van der Waals surface area contributed by atoms with Gasteiger partial charge in [0.05, 0.1) is 22.4 Å². The van der Waals surface area contributed by atoms with E-state index in [-0.39, 0.29) is 17.4 Å². The molecule has 1 aromatic heterocycles. The highest BCUT2D eigenvalue weighted by molar-refractivity contribution is 6.33. The second-order valence-electron chi connectivity index (χ2n) is 4.68. The fourth-order valence-electron chi connectivity index (χ4n) is 1.76. The molecule has 0 radical (unpaired) electrons. The second-order valence-corrected chi connectivity index (χ2v) is 5.09. The number of aryl methyl sites for hydroxylation is 1. The van der Waals surface area contributed by atoms with Gasteiger partial charge in [-0.1, -0.05) is 11.6 Å². The molecule has 5 nitrogen and oxygen atoms in total. The molecular weight excluding hydrogens is 280 g/mol. The minimum absolute atomic E-state index is 0.199. The van der Waals surface area contributed by atoms with Crippen molar-refractivity contribution in [3.8, 4) is 5.69 Å². The number of aromatic nitrogens is 2. The normalized spacial score (nSPS) is 10.8. The lowest BCUT2D eigenvalue weighted by molar-refractivity contribution is 0.0378. The van der Waals surface area contributed by atoms with Gasteiger partial charge in [0.15, 0.2) is 0 Å². The molecule has 6 heteroatoms. The summed E-state index contributed by atoms with van der Waals surface area (Å²) in [5.41, 5.74) is 0.611. The van der Waals surface area contributed by atoms with E-state index < -0.39 is 5.97 Å². The first-order valence-electron chi connectivity index (χ1n) is 6.15. The van der Waals surface area contributed by atoms with Crippen molar-refractivity contribution in [3.05, 3.63) is 51.7 Å². The van der Waals surface area contributed by atoms with Crippen molar-refractivity contribution in [2.75, 3.05) is 0 Å². The molecule has 2 aromatic rings. The number of halogens is 1. The molecule has 0 aliphatic heterocycles. The summed E-state index contributed by atoms with van der Waals surface area (Å²) >= 11 is 6.01. The van der Waals surface area contributed by atoms with Gasteiger partial charge in [0, 0.05) is 19.4 Å². The van der Waals surface area contributed by atoms with Crippen molar-refractivity contribution >= 4 is 17.6 Å². The highest BCUT2D eigenvalue weighted by atomic mass is 35.5. The van der Waals surface area contributed by atoms with Crippen LogP contribution >= 0.6 is 11.6 Å². The van der Waals surface area contributed by atoms with Crippen molar-refractivity contribution < 1.29 is 9.53 Å². The molecule has 2 rings (SSSR count). The molecular formula is C14H15ClN2O3. The van der Waals surface area contributed by atoms with Gasteiger partial charge in [-0.05, 0) is 32.0 Å². The number of imidazole rings is 1. The summed E-state index contributed by atoms with van der Waals surface area (Å²) in [5.74, 6) is -0.504. The van der Waals surface area contributed by atoms with E-state index in [4.69, 9.17) is 16.3 Å². The van der Waals surface area contributed by atoms with E-state index >= 15 is 0 Å². The highest BCUT2D eigenvalue weighted by Gasteiger charge is 2.15. The molecule has 20 heavy (non-hydrogen) atoms. The van der Waals surface area contributed by atoms with Crippen LogP contribution in [-0.2, 0) is 11.8 Å². The predicted molar refractivity (Wildman–Crippen MR) is 76.6 cm³/mol. The number of ether oxygens (including phenoxy) is 1. The van der Waals surface area contributed by atoms with Gasteiger partial charge in [-0.2, -0.15) is 0 Å². The number of benzene rings is 1. The number of carbonyl (C=O) groups is 1. The van der Waals surface area contributed by atoms with Crippen molar-refractivity contribution in [2.24, 2.45) is 7.05 Å². The summed E-state index contributed by atoms with van der Waals surface area (Å²) in [6, 6.07) is 4.80. The quantitative estimate of drug-likeness (QED) is 0.817. The third-order valence-electron chi connectivity index (χ3n) is 2.74. The maximum Gasteiger partial charge on any atom is 0.339 e. The number of esters is 1. The van der Waals surface area contributed by atoms with Crippen LogP contribution in [0, 0.1) is 0 Å². The molecule has 0 atom stereocenters. The second kappa shape index (κ2) is 5.54. The zero-order chi connectivity index (χ0) is 14.9. The van der Waals surface area contributed by atoms with E-state index in [1.807, 2.05) is 0 Å². The van der Waals surface area contributed by atoms with Crippen LogP contribution in [0.5, 0.6) is 0 Å². The molecule has 0 spiro atoms. The average Bonchev–Trinajstić information content (AvgIpc) is 2.70. The minimum Gasteiger partial charge on any atom is -0.459 e. The molecule has 0 aliphatic carbocycles. The maximum atomic E-state index is 12.0. The predicted octanol–water partition coefficient (Wildman–Crippen LogP) is 2.39. The summed E-state index contributed by atoms with van der Waals surface area (Å²) in [5, 5.41) is 0.295. The largest absolute Gasteiger partial charge is 0.459 e. The van der Waals surface area contributed by atoms with E-state index in [1.165, 1.54) is 9.13 Å². The SMILES string of the molecule is CC(C)OC(=O)c1cc(-n2ccn(C)c2=O)ccc1Cl. The fourth-order valence-corrected chi connectivity index (χ4v) is 1.95. The summed E-state index contributed by atoms with van der Waals surface area (Å²) in [6.07, 6.45) is 3.04. The van der Waals surface area contributed by atoms with Gasteiger partial charge < -0.3 is 9.30 Å². The molecule has 0 unspecified atom stereocenters. The van der Waals surface area contributed by atoms with Gasteiger partial charge in [-0.3, -0.25) is 4.57 Å². The number of nitrogens with zero attached hydrogens (tertiary/aromatic N) is 2. The molecule has 0 N–H and O–H groups in total. The van der Waals surface area contributed by atoms with Crippen LogP contribution in [0.4, 0.5) is 0 Å². The van der Waals surface area contributed by atoms with Gasteiger partial charge >= 0.3 is 11.7 Å². The van der Waals surface area contributed by atoms with E-state index in [1.54, 1.807) is 51.5 Å². The number of carbonyl (C=O) groups excluding carboxylic acids is 1. The summed E-state index contributed by atoms with van der Waals surface area (Å²) in [4.78, 5) is 23.8. The average molecular weight is 295 g/mol. The number of rotatable bonds is 3. The first-order chi connectivity index (χ1) is 9.40. The highest BCUT2D eigenvalue weighted by Crippen LogP contribution is 2.20. The number of hydrogen-bond acceptors (Lipinski definition) is 3. The monoisotopic (exact) mass is 294 g/mol. The van der Waals surface area contributed by atoms with Crippen LogP contribution in [0.15, 0.2) is 35.4 Å². The van der Waals surface area contributed by atoms with Crippen LogP contribution in [0.3, 0.4) is 0 Å². The first kappa shape index (κ1) is 14.4. The van der Waals surface area contributed by atoms with Crippen LogP contribution in [0.25, 0.3) is 5.69 Å². The summed E-state index contributed by atoms with van der Waals surface area (Å²) in [7, 11) is 1.66. The van der Waals surface area contributed by atoms with Gasteiger partial charge in [0.25, 0.3) is 0 Å². The Morgan fingerprint density at radius 2 is 2.00 bits per heavy atom. The van der Waals surface area contributed by atoms with Crippen molar-refractivity contribution in [1.82, 2.24) is 9.13 Å². The van der Waals surface area contributed by atoms with Crippen LogP contribution in [0.2, 0.25) is 5.02 Å². The fraction of sp³-hybridized carbons (Fsp3) is 0.286. The van der Waals surface area contributed by atoms with Crippen molar-refractivity contribution in [1.29, 1.82) is 0 Å². The Balaban J connectivity index is 2.46. The van der Waals surface area contributed by atoms with Crippen molar-refractivity contribution in [2.45, 2.75) is 20.0 Å². The lowest BCUT2D eigenvalue weighted by Crippen LogP contribution is -2.21. The maximum absolute atomic E-state index is 12.0. The third kappa shape index (κ3) is 2.77. The van der Waals surface area contributed by atoms with E-state index in [2.05, 4.69) is 0 Å². The first-order valence-corrected chi connectivity index (χ1v) is 6.53. The van der Waals surface area contributed by atoms with Crippen LogP contribution in [0.1, 0.15) is 24.2 Å². The standard InChI is InChI=1S/C14H15ClN2O3/c1-9(2)20-13(18)11-8-10(4-5-12(11)15)17-7-6-16(3)14(17)19/h4-9H,1-3H3.